The molecule has 3 nitrogen and oxygen atoms in total. The Balaban J connectivity index is 2.19. The molecule has 2 aromatic rings. The van der Waals surface area contributed by atoms with Gasteiger partial charge in [-0.2, -0.15) is 0 Å². The third-order valence-electron chi connectivity index (χ3n) is 3.10. The lowest BCUT2D eigenvalue weighted by atomic mass is 10.2. The maximum Gasteiger partial charge on any atom is 0.163 e. The molecular weight excluding hydrogens is 357 g/mol. The Hall–Kier alpha value is -1.29. The van der Waals surface area contributed by atoms with Gasteiger partial charge in [0, 0.05) is 22.7 Å². The number of ether oxygens (including phenoxy) is 2. The number of halogens is 3. The van der Waals surface area contributed by atoms with Crippen LogP contribution in [0.4, 0.5) is 5.69 Å². The highest BCUT2D eigenvalue weighted by atomic mass is 35.5. The molecule has 2 rings (SSSR count). The van der Waals surface area contributed by atoms with Gasteiger partial charge in [-0.3, -0.25) is 0 Å². The minimum atomic E-state index is 0.0387. The number of hydrogen-bond donors (Lipinski definition) is 1. The lowest BCUT2D eigenvalue weighted by Crippen LogP contribution is -2.08. The van der Waals surface area contributed by atoms with Crippen molar-refractivity contribution in [3.8, 4) is 11.5 Å². The van der Waals surface area contributed by atoms with Crippen LogP contribution in [-0.4, -0.2) is 13.2 Å². The van der Waals surface area contributed by atoms with E-state index in [1.807, 2.05) is 26.0 Å². The van der Waals surface area contributed by atoms with E-state index in [1.165, 1.54) is 0 Å². The van der Waals surface area contributed by atoms with Crippen molar-refractivity contribution < 1.29 is 9.47 Å². The predicted octanol–water partition coefficient (Wildman–Crippen LogP) is 6.05. The Labute approximate surface area is 151 Å². The third kappa shape index (κ3) is 4.84. The van der Waals surface area contributed by atoms with Crippen LogP contribution in [0.3, 0.4) is 0 Å². The summed E-state index contributed by atoms with van der Waals surface area (Å²) in [5, 5.41) is 4.98. The second kappa shape index (κ2) is 8.00. The number of anilines is 1. The number of methoxy groups -OCH3 is 1. The summed E-state index contributed by atoms with van der Waals surface area (Å²) in [6, 6.07) is 8.91. The lowest BCUT2D eigenvalue weighted by Gasteiger charge is -2.16. The van der Waals surface area contributed by atoms with Crippen molar-refractivity contribution in [1.82, 2.24) is 0 Å². The smallest absolute Gasteiger partial charge is 0.163 e. The lowest BCUT2D eigenvalue weighted by molar-refractivity contribution is 0.230. The van der Waals surface area contributed by atoms with Crippen molar-refractivity contribution in [3.63, 3.8) is 0 Å². The van der Waals surface area contributed by atoms with Gasteiger partial charge >= 0.3 is 0 Å². The molecule has 0 aliphatic heterocycles. The molecule has 2 aromatic carbocycles. The van der Waals surface area contributed by atoms with Crippen molar-refractivity contribution in [3.05, 3.63) is 51.0 Å². The first-order chi connectivity index (χ1) is 10.9. The Morgan fingerprint density at radius 2 is 1.74 bits per heavy atom. The molecule has 0 saturated heterocycles. The van der Waals surface area contributed by atoms with Gasteiger partial charge in [0.2, 0.25) is 0 Å². The van der Waals surface area contributed by atoms with Crippen LogP contribution in [0.25, 0.3) is 0 Å². The fourth-order valence-corrected chi connectivity index (χ4v) is 2.74. The minimum absolute atomic E-state index is 0.0387. The molecule has 0 saturated carbocycles. The number of hydrogen-bond acceptors (Lipinski definition) is 3. The molecule has 0 amide bonds. The van der Waals surface area contributed by atoms with Gasteiger partial charge in [0.15, 0.2) is 11.5 Å². The predicted molar refractivity (Wildman–Crippen MR) is 97.6 cm³/mol. The van der Waals surface area contributed by atoms with Crippen LogP contribution in [0.2, 0.25) is 15.1 Å². The molecule has 0 spiro atoms. The molecule has 0 bridgehead atoms. The third-order valence-corrected chi connectivity index (χ3v) is 4.00. The van der Waals surface area contributed by atoms with Crippen LogP contribution in [-0.2, 0) is 6.54 Å². The summed E-state index contributed by atoms with van der Waals surface area (Å²) in [4.78, 5) is 0. The molecular formula is C17H18Cl3NO2. The van der Waals surface area contributed by atoms with Gasteiger partial charge in [0.1, 0.15) is 0 Å². The van der Waals surface area contributed by atoms with Crippen LogP contribution in [0.1, 0.15) is 19.4 Å². The van der Waals surface area contributed by atoms with E-state index < -0.39 is 0 Å². The van der Waals surface area contributed by atoms with E-state index in [2.05, 4.69) is 5.32 Å². The Kier molecular flexibility index (Phi) is 6.28. The van der Waals surface area contributed by atoms with Crippen LogP contribution >= 0.6 is 34.8 Å². The van der Waals surface area contributed by atoms with Gasteiger partial charge in [-0.25, -0.2) is 0 Å². The van der Waals surface area contributed by atoms with Crippen molar-refractivity contribution in [1.29, 1.82) is 0 Å². The second-order valence-electron chi connectivity index (χ2n) is 5.24. The van der Waals surface area contributed by atoms with Crippen molar-refractivity contribution in [2.24, 2.45) is 0 Å². The number of rotatable bonds is 6. The van der Waals surface area contributed by atoms with E-state index >= 15 is 0 Å². The summed E-state index contributed by atoms with van der Waals surface area (Å²) < 4.78 is 11.1. The van der Waals surface area contributed by atoms with E-state index in [0.717, 1.165) is 11.3 Å². The van der Waals surface area contributed by atoms with Crippen LogP contribution in [0.15, 0.2) is 30.3 Å². The first-order valence-corrected chi connectivity index (χ1v) is 8.26. The minimum Gasteiger partial charge on any atom is -0.493 e. The van der Waals surface area contributed by atoms with Crippen molar-refractivity contribution >= 4 is 40.5 Å². The summed E-state index contributed by atoms with van der Waals surface area (Å²) >= 11 is 18.4. The molecule has 0 aromatic heterocycles. The first kappa shape index (κ1) is 18.1. The number of nitrogens with one attached hydrogen (secondary N) is 1. The van der Waals surface area contributed by atoms with Crippen LogP contribution in [0, 0.1) is 0 Å². The van der Waals surface area contributed by atoms with E-state index in [1.54, 1.807) is 25.3 Å². The normalized spacial score (nSPS) is 10.7. The van der Waals surface area contributed by atoms with Gasteiger partial charge in [-0.15, -0.1) is 0 Å². The zero-order chi connectivity index (χ0) is 17.0. The van der Waals surface area contributed by atoms with Crippen molar-refractivity contribution in [2.45, 2.75) is 26.5 Å². The van der Waals surface area contributed by atoms with E-state index in [9.17, 15) is 0 Å². The monoisotopic (exact) mass is 373 g/mol. The standard InChI is InChI=1S/C17H18Cl3NO2/c1-10(2)23-17-8-13(19)11(6-16(17)22-3)9-21-15-5-4-12(18)7-14(15)20/h4-8,10,21H,9H2,1-3H3. The Morgan fingerprint density at radius 1 is 1.00 bits per heavy atom. The average molecular weight is 375 g/mol. The quantitative estimate of drug-likeness (QED) is 0.667. The summed E-state index contributed by atoms with van der Waals surface area (Å²) in [6.45, 7) is 4.40. The zero-order valence-corrected chi connectivity index (χ0v) is 15.4. The van der Waals surface area contributed by atoms with Crippen LogP contribution in [0.5, 0.6) is 11.5 Å². The van der Waals surface area contributed by atoms with E-state index in [0.29, 0.717) is 33.1 Å². The molecule has 0 unspecified atom stereocenters. The first-order valence-electron chi connectivity index (χ1n) is 7.12. The molecule has 0 atom stereocenters. The highest BCUT2D eigenvalue weighted by Gasteiger charge is 2.12. The van der Waals surface area contributed by atoms with Gasteiger partial charge in [0.05, 0.1) is 23.9 Å². The largest absolute Gasteiger partial charge is 0.493 e. The molecule has 1 N–H and O–H groups in total. The summed E-state index contributed by atoms with van der Waals surface area (Å²) in [6.07, 6.45) is 0.0387. The second-order valence-corrected chi connectivity index (χ2v) is 6.49. The van der Waals surface area contributed by atoms with Gasteiger partial charge in [0.25, 0.3) is 0 Å². The molecule has 6 heteroatoms. The fraction of sp³-hybridized carbons (Fsp3) is 0.294. The summed E-state index contributed by atoms with van der Waals surface area (Å²) in [5.74, 6) is 1.27. The van der Waals surface area contributed by atoms with E-state index in [-0.39, 0.29) is 6.10 Å². The fourth-order valence-electron chi connectivity index (χ4n) is 2.04. The molecule has 0 fully saturated rings. The van der Waals surface area contributed by atoms with Crippen LogP contribution < -0.4 is 14.8 Å². The molecule has 124 valence electrons. The van der Waals surface area contributed by atoms with Gasteiger partial charge in [-0.1, -0.05) is 34.8 Å². The van der Waals surface area contributed by atoms with Crippen molar-refractivity contribution in [2.75, 3.05) is 12.4 Å². The molecule has 0 aliphatic carbocycles. The maximum atomic E-state index is 6.34. The van der Waals surface area contributed by atoms with Gasteiger partial charge in [-0.05, 0) is 43.7 Å². The average Bonchev–Trinajstić information content (AvgIpc) is 2.47. The van der Waals surface area contributed by atoms with E-state index in [4.69, 9.17) is 44.3 Å². The molecule has 0 aliphatic rings. The topological polar surface area (TPSA) is 30.5 Å². The maximum absolute atomic E-state index is 6.34. The van der Waals surface area contributed by atoms with Gasteiger partial charge < -0.3 is 14.8 Å². The molecule has 23 heavy (non-hydrogen) atoms. The summed E-state index contributed by atoms with van der Waals surface area (Å²) in [5.41, 5.74) is 1.67. The zero-order valence-electron chi connectivity index (χ0n) is 13.1. The highest BCUT2D eigenvalue weighted by molar-refractivity contribution is 6.36. The molecule has 0 radical (unpaired) electrons. The number of benzene rings is 2. The Bertz CT molecular complexity index is 690. The highest BCUT2D eigenvalue weighted by Crippen LogP contribution is 2.35. The molecule has 0 heterocycles. The SMILES string of the molecule is COc1cc(CNc2ccc(Cl)cc2Cl)c(Cl)cc1OC(C)C. The Morgan fingerprint density at radius 3 is 2.35 bits per heavy atom. The summed E-state index contributed by atoms with van der Waals surface area (Å²) in [7, 11) is 1.60.